The molecule has 1 aromatic rings. The molecule has 1 aliphatic rings. The topological polar surface area (TPSA) is 88.6 Å². The van der Waals surface area contributed by atoms with Gasteiger partial charge in [-0.1, -0.05) is 0 Å². The molecule has 2 rings (SSSR count). The standard InChI is InChI=1S/C15H23N3O4S/c1-3-18(13-6-9-23(20,21)11-13)12-4-5-14(17-10-12)15(19)16-7-8-22-2/h4-5,10,13H,3,6-9,11H2,1-2H3,(H,16,19). The summed E-state index contributed by atoms with van der Waals surface area (Å²) in [5.41, 5.74) is 1.17. The first-order chi connectivity index (χ1) is 11.0. The maximum atomic E-state index is 11.9. The van der Waals surface area contributed by atoms with Crippen molar-refractivity contribution in [1.82, 2.24) is 10.3 Å². The zero-order chi connectivity index (χ0) is 16.9. The lowest BCUT2D eigenvalue weighted by Gasteiger charge is -2.28. The first-order valence-corrected chi connectivity index (χ1v) is 9.49. The Balaban J connectivity index is 2.04. The third-order valence-corrected chi connectivity index (χ3v) is 5.64. The van der Waals surface area contributed by atoms with Crippen LogP contribution in [0.2, 0.25) is 0 Å². The van der Waals surface area contributed by atoms with Crippen LogP contribution in [0.25, 0.3) is 0 Å². The van der Waals surface area contributed by atoms with Crippen LogP contribution in [0.1, 0.15) is 23.8 Å². The van der Waals surface area contributed by atoms with Crippen LogP contribution in [0.4, 0.5) is 5.69 Å². The van der Waals surface area contributed by atoms with Crippen molar-refractivity contribution in [1.29, 1.82) is 0 Å². The fourth-order valence-corrected chi connectivity index (χ4v) is 4.45. The monoisotopic (exact) mass is 341 g/mol. The van der Waals surface area contributed by atoms with Crippen molar-refractivity contribution in [3.05, 3.63) is 24.0 Å². The minimum Gasteiger partial charge on any atom is -0.383 e. The van der Waals surface area contributed by atoms with Crippen LogP contribution in [0, 0.1) is 0 Å². The van der Waals surface area contributed by atoms with Crippen molar-refractivity contribution < 1.29 is 17.9 Å². The molecule has 0 spiro atoms. The number of aromatic nitrogens is 1. The third kappa shape index (κ3) is 4.65. The first-order valence-electron chi connectivity index (χ1n) is 7.67. The fraction of sp³-hybridized carbons (Fsp3) is 0.600. The molecular weight excluding hydrogens is 318 g/mol. The van der Waals surface area contributed by atoms with Gasteiger partial charge < -0.3 is 15.0 Å². The molecule has 0 bridgehead atoms. The molecule has 0 radical (unpaired) electrons. The number of methoxy groups -OCH3 is 1. The van der Waals surface area contributed by atoms with Gasteiger partial charge in [-0.25, -0.2) is 13.4 Å². The molecule has 1 amide bonds. The summed E-state index contributed by atoms with van der Waals surface area (Å²) in [5.74, 6) is 0.168. The Morgan fingerprint density at radius 3 is 2.78 bits per heavy atom. The molecule has 0 aromatic carbocycles. The van der Waals surface area contributed by atoms with E-state index in [4.69, 9.17) is 4.74 Å². The van der Waals surface area contributed by atoms with Gasteiger partial charge in [0.15, 0.2) is 9.84 Å². The van der Waals surface area contributed by atoms with Gasteiger partial charge in [-0.05, 0) is 25.5 Å². The summed E-state index contributed by atoms with van der Waals surface area (Å²) < 4.78 is 28.2. The number of pyridine rings is 1. The maximum Gasteiger partial charge on any atom is 0.269 e. The Morgan fingerprint density at radius 1 is 1.48 bits per heavy atom. The number of amides is 1. The van der Waals surface area contributed by atoms with Crippen LogP contribution in [-0.2, 0) is 14.6 Å². The molecular formula is C15H23N3O4S. The number of hydrogen-bond donors (Lipinski definition) is 1. The predicted octanol–water partition coefficient (Wildman–Crippen LogP) is 0.471. The smallest absolute Gasteiger partial charge is 0.269 e. The van der Waals surface area contributed by atoms with Crippen molar-refractivity contribution in [2.24, 2.45) is 0 Å². The van der Waals surface area contributed by atoms with Gasteiger partial charge in [0.25, 0.3) is 5.91 Å². The number of nitrogens with zero attached hydrogens (tertiary/aromatic N) is 2. The summed E-state index contributed by atoms with van der Waals surface area (Å²) >= 11 is 0. The van der Waals surface area contributed by atoms with E-state index in [-0.39, 0.29) is 23.5 Å². The Labute approximate surface area is 137 Å². The maximum absolute atomic E-state index is 11.9. The predicted molar refractivity (Wildman–Crippen MR) is 88.5 cm³/mol. The minimum absolute atomic E-state index is 0.0202. The second kappa shape index (κ2) is 7.74. The molecule has 1 N–H and O–H groups in total. The highest BCUT2D eigenvalue weighted by Crippen LogP contribution is 2.23. The lowest BCUT2D eigenvalue weighted by atomic mass is 10.2. The van der Waals surface area contributed by atoms with Crippen LogP contribution in [0.3, 0.4) is 0 Å². The van der Waals surface area contributed by atoms with Gasteiger partial charge in [0.2, 0.25) is 0 Å². The number of ether oxygens (including phenoxy) is 1. The quantitative estimate of drug-likeness (QED) is 0.725. The summed E-state index contributed by atoms with van der Waals surface area (Å²) in [6.45, 7) is 3.56. The van der Waals surface area contributed by atoms with Gasteiger partial charge in [-0.3, -0.25) is 4.79 Å². The van der Waals surface area contributed by atoms with E-state index >= 15 is 0 Å². The van der Waals surface area contributed by atoms with E-state index in [1.165, 1.54) is 0 Å². The number of anilines is 1. The van der Waals surface area contributed by atoms with Crippen molar-refractivity contribution in [2.75, 3.05) is 43.2 Å². The number of sulfone groups is 1. The van der Waals surface area contributed by atoms with Crippen molar-refractivity contribution >= 4 is 21.4 Å². The highest BCUT2D eigenvalue weighted by molar-refractivity contribution is 7.91. The molecule has 1 atom stereocenters. The molecule has 0 aliphatic carbocycles. The summed E-state index contributed by atoms with van der Waals surface area (Å²) in [7, 11) is -1.36. The van der Waals surface area contributed by atoms with E-state index in [2.05, 4.69) is 10.3 Å². The molecule has 128 valence electrons. The molecule has 1 saturated heterocycles. The first kappa shape index (κ1) is 17.7. The van der Waals surface area contributed by atoms with E-state index in [0.717, 1.165) is 5.69 Å². The van der Waals surface area contributed by atoms with E-state index < -0.39 is 9.84 Å². The van der Waals surface area contributed by atoms with Gasteiger partial charge in [-0.15, -0.1) is 0 Å². The largest absolute Gasteiger partial charge is 0.383 e. The van der Waals surface area contributed by atoms with Gasteiger partial charge in [0.1, 0.15) is 5.69 Å². The van der Waals surface area contributed by atoms with Gasteiger partial charge in [0, 0.05) is 26.2 Å². The summed E-state index contributed by atoms with van der Waals surface area (Å²) in [6, 6.07) is 3.45. The van der Waals surface area contributed by atoms with E-state index in [9.17, 15) is 13.2 Å². The van der Waals surface area contributed by atoms with Crippen molar-refractivity contribution in [3.8, 4) is 0 Å². The fourth-order valence-electron chi connectivity index (χ4n) is 2.72. The number of carbonyl (C=O) groups excluding carboxylic acids is 1. The van der Waals surface area contributed by atoms with Crippen molar-refractivity contribution in [2.45, 2.75) is 19.4 Å². The van der Waals surface area contributed by atoms with Crippen molar-refractivity contribution in [3.63, 3.8) is 0 Å². The second-order valence-corrected chi connectivity index (χ2v) is 7.72. The Kier molecular flexibility index (Phi) is 5.95. The lowest BCUT2D eigenvalue weighted by molar-refractivity contribution is 0.0932. The molecule has 1 unspecified atom stereocenters. The highest BCUT2D eigenvalue weighted by atomic mass is 32.2. The van der Waals surface area contributed by atoms with Crippen LogP contribution < -0.4 is 10.2 Å². The van der Waals surface area contributed by atoms with E-state index in [1.54, 1.807) is 19.4 Å². The van der Waals surface area contributed by atoms with E-state index in [1.807, 2.05) is 17.9 Å². The lowest BCUT2D eigenvalue weighted by Crippen LogP contribution is -2.36. The van der Waals surface area contributed by atoms with Crippen LogP contribution in [-0.4, -0.2) is 63.7 Å². The number of hydrogen-bond acceptors (Lipinski definition) is 6. The Hall–Kier alpha value is -1.67. The zero-order valence-electron chi connectivity index (χ0n) is 13.5. The minimum atomic E-state index is -2.93. The van der Waals surface area contributed by atoms with Gasteiger partial charge in [0.05, 0.1) is 30.0 Å². The molecule has 2 heterocycles. The summed E-state index contributed by atoms with van der Waals surface area (Å²) in [6.07, 6.45) is 2.26. The average molecular weight is 341 g/mol. The average Bonchev–Trinajstić information content (AvgIpc) is 2.89. The zero-order valence-corrected chi connectivity index (χ0v) is 14.3. The van der Waals surface area contributed by atoms with Crippen LogP contribution in [0.5, 0.6) is 0 Å². The highest BCUT2D eigenvalue weighted by Gasteiger charge is 2.31. The summed E-state index contributed by atoms with van der Waals surface area (Å²) in [4.78, 5) is 18.1. The van der Waals surface area contributed by atoms with Gasteiger partial charge in [-0.2, -0.15) is 0 Å². The molecule has 23 heavy (non-hydrogen) atoms. The number of nitrogens with one attached hydrogen (secondary N) is 1. The Bertz CT molecular complexity index is 631. The SMILES string of the molecule is CCN(c1ccc(C(=O)NCCOC)nc1)C1CCS(=O)(=O)C1. The van der Waals surface area contributed by atoms with Gasteiger partial charge >= 0.3 is 0 Å². The molecule has 1 fully saturated rings. The van der Waals surface area contributed by atoms with Crippen LogP contribution >= 0.6 is 0 Å². The molecule has 0 saturated carbocycles. The number of rotatable bonds is 7. The molecule has 1 aliphatic heterocycles. The summed E-state index contributed by atoms with van der Waals surface area (Å²) in [5, 5.41) is 2.71. The Morgan fingerprint density at radius 2 is 2.26 bits per heavy atom. The molecule has 1 aromatic heterocycles. The number of carbonyl (C=O) groups is 1. The third-order valence-electron chi connectivity index (χ3n) is 3.89. The van der Waals surface area contributed by atoms with Crippen LogP contribution in [0.15, 0.2) is 18.3 Å². The molecule has 7 nitrogen and oxygen atoms in total. The second-order valence-electron chi connectivity index (χ2n) is 5.49. The normalized spacial score (nSPS) is 19.5. The molecule has 8 heteroatoms. The van der Waals surface area contributed by atoms with E-state index in [0.29, 0.717) is 31.8 Å².